The average molecular weight is 356 g/mol. The molecular weight excluding hydrogens is 336 g/mol. The first-order valence-electron chi connectivity index (χ1n) is 8.60. The number of ketones is 1. The maximum atomic E-state index is 11.9. The highest BCUT2D eigenvalue weighted by atomic mass is 32.1. The third-order valence-electron chi connectivity index (χ3n) is 5.30. The second-order valence-electron chi connectivity index (χ2n) is 7.23. The van der Waals surface area contributed by atoms with Crippen molar-refractivity contribution in [2.45, 2.75) is 38.2 Å². The van der Waals surface area contributed by atoms with Crippen LogP contribution >= 0.6 is 11.3 Å². The van der Waals surface area contributed by atoms with Gasteiger partial charge in [-0.1, -0.05) is 11.3 Å². The third kappa shape index (κ3) is 2.90. The van der Waals surface area contributed by atoms with E-state index in [9.17, 15) is 9.90 Å². The van der Waals surface area contributed by atoms with Crippen LogP contribution in [0.5, 0.6) is 0 Å². The topological polar surface area (TPSA) is 89.6 Å². The molecule has 2 aliphatic heterocycles. The molecule has 0 amide bonds. The fraction of sp³-hybridized carbons (Fsp3) is 0.556. The van der Waals surface area contributed by atoms with E-state index in [1.54, 1.807) is 13.1 Å². The molecule has 6 nitrogen and oxygen atoms in total. The summed E-state index contributed by atoms with van der Waals surface area (Å²) in [5.41, 5.74) is 1.89. The SMILES string of the molecule is CC1(O)CC(=O)CC2=C1C(C1CCN(c3ncc(C#N)s3)CC1)=NC2. The molecule has 0 bridgehead atoms. The lowest BCUT2D eigenvalue weighted by Gasteiger charge is -2.36. The molecule has 7 heteroatoms. The smallest absolute Gasteiger partial charge is 0.186 e. The van der Waals surface area contributed by atoms with Crippen LogP contribution in [0.4, 0.5) is 5.13 Å². The van der Waals surface area contributed by atoms with Crippen LogP contribution in [0, 0.1) is 17.2 Å². The lowest BCUT2D eigenvalue weighted by Crippen LogP contribution is -2.42. The van der Waals surface area contributed by atoms with Crippen molar-refractivity contribution in [2.24, 2.45) is 10.9 Å². The average Bonchev–Trinajstić information content (AvgIpc) is 3.21. The van der Waals surface area contributed by atoms with E-state index in [2.05, 4.69) is 16.0 Å². The Hall–Kier alpha value is -2.04. The molecule has 3 aliphatic rings. The number of hydrogen-bond acceptors (Lipinski definition) is 7. The summed E-state index contributed by atoms with van der Waals surface area (Å²) in [4.78, 5) is 23.7. The van der Waals surface area contributed by atoms with Gasteiger partial charge in [0.25, 0.3) is 0 Å². The zero-order valence-electron chi connectivity index (χ0n) is 14.2. The van der Waals surface area contributed by atoms with Gasteiger partial charge in [0.15, 0.2) is 5.13 Å². The number of Topliss-reactive ketones (excluding diaryl/α,β-unsaturated/α-hetero) is 1. The fourth-order valence-corrected chi connectivity index (χ4v) is 5.00. The summed E-state index contributed by atoms with van der Waals surface area (Å²) in [7, 11) is 0. The fourth-order valence-electron chi connectivity index (χ4n) is 4.23. The first-order chi connectivity index (χ1) is 12.0. The molecular formula is C18H20N4O2S. The number of hydrogen-bond donors (Lipinski definition) is 1. The molecule has 3 heterocycles. The van der Waals surface area contributed by atoms with E-state index in [0.717, 1.165) is 47.9 Å². The molecule has 1 saturated heterocycles. The van der Waals surface area contributed by atoms with Crippen molar-refractivity contribution in [3.63, 3.8) is 0 Å². The Balaban J connectivity index is 1.48. The van der Waals surface area contributed by atoms with E-state index in [1.807, 2.05) is 0 Å². The van der Waals surface area contributed by atoms with Crippen molar-refractivity contribution in [3.8, 4) is 6.07 Å². The largest absolute Gasteiger partial charge is 0.385 e. The van der Waals surface area contributed by atoms with Crippen molar-refractivity contribution >= 4 is 28.0 Å². The number of rotatable bonds is 2. The van der Waals surface area contributed by atoms with Crippen molar-refractivity contribution in [1.29, 1.82) is 5.26 Å². The van der Waals surface area contributed by atoms with E-state index in [-0.39, 0.29) is 12.2 Å². The lowest BCUT2D eigenvalue weighted by atomic mass is 9.74. The number of nitriles is 1. The van der Waals surface area contributed by atoms with Crippen LogP contribution in [0.3, 0.4) is 0 Å². The summed E-state index contributed by atoms with van der Waals surface area (Å²) >= 11 is 1.43. The van der Waals surface area contributed by atoms with Gasteiger partial charge in [-0.15, -0.1) is 0 Å². The molecule has 1 fully saturated rings. The zero-order chi connectivity index (χ0) is 17.6. The van der Waals surface area contributed by atoms with Crippen LogP contribution in [-0.4, -0.2) is 46.8 Å². The van der Waals surface area contributed by atoms with E-state index in [1.165, 1.54) is 11.3 Å². The second-order valence-corrected chi connectivity index (χ2v) is 8.24. The monoisotopic (exact) mass is 356 g/mol. The minimum absolute atomic E-state index is 0.104. The number of carbonyl (C=O) groups is 1. The highest BCUT2D eigenvalue weighted by Crippen LogP contribution is 2.40. The van der Waals surface area contributed by atoms with Gasteiger partial charge in [-0.3, -0.25) is 9.79 Å². The zero-order valence-corrected chi connectivity index (χ0v) is 15.0. The highest BCUT2D eigenvalue weighted by molar-refractivity contribution is 7.16. The highest BCUT2D eigenvalue weighted by Gasteiger charge is 2.43. The van der Waals surface area contributed by atoms with Crippen LogP contribution in [0.1, 0.15) is 37.5 Å². The Morgan fingerprint density at radius 2 is 2.20 bits per heavy atom. The predicted octanol–water partition coefficient (Wildman–Crippen LogP) is 2.10. The molecule has 0 spiro atoms. The van der Waals surface area contributed by atoms with E-state index < -0.39 is 5.60 Å². The number of piperidine rings is 1. The van der Waals surface area contributed by atoms with E-state index in [0.29, 0.717) is 23.8 Å². The molecule has 1 N–H and O–H groups in total. The molecule has 1 aromatic rings. The van der Waals surface area contributed by atoms with Crippen molar-refractivity contribution in [2.75, 3.05) is 24.5 Å². The predicted molar refractivity (Wildman–Crippen MR) is 96.0 cm³/mol. The molecule has 1 atom stereocenters. The Kier molecular flexibility index (Phi) is 3.97. The first-order valence-corrected chi connectivity index (χ1v) is 9.42. The molecule has 130 valence electrons. The molecule has 1 aliphatic carbocycles. The van der Waals surface area contributed by atoms with Crippen molar-refractivity contribution < 1.29 is 9.90 Å². The Bertz CT molecular complexity index is 822. The third-order valence-corrected chi connectivity index (χ3v) is 6.26. The Morgan fingerprint density at radius 1 is 1.44 bits per heavy atom. The lowest BCUT2D eigenvalue weighted by molar-refractivity contribution is -0.122. The Labute approximate surface area is 150 Å². The van der Waals surface area contributed by atoms with Crippen LogP contribution < -0.4 is 4.90 Å². The van der Waals surface area contributed by atoms with Gasteiger partial charge in [-0.2, -0.15) is 5.26 Å². The number of thiazole rings is 1. The molecule has 0 aromatic carbocycles. The second kappa shape index (κ2) is 6.04. The molecule has 0 radical (unpaired) electrons. The molecule has 0 saturated carbocycles. The summed E-state index contributed by atoms with van der Waals surface area (Å²) in [6.07, 6.45) is 4.15. The van der Waals surface area contributed by atoms with Gasteiger partial charge in [0, 0.05) is 43.1 Å². The number of aliphatic hydroxyl groups is 1. The number of anilines is 1. The molecule has 25 heavy (non-hydrogen) atoms. The van der Waals surface area contributed by atoms with Crippen LogP contribution in [-0.2, 0) is 4.79 Å². The van der Waals surface area contributed by atoms with E-state index in [4.69, 9.17) is 10.3 Å². The maximum Gasteiger partial charge on any atom is 0.186 e. The van der Waals surface area contributed by atoms with Gasteiger partial charge >= 0.3 is 0 Å². The Morgan fingerprint density at radius 3 is 2.88 bits per heavy atom. The van der Waals surface area contributed by atoms with Gasteiger partial charge in [0.05, 0.1) is 18.3 Å². The van der Waals surface area contributed by atoms with E-state index >= 15 is 0 Å². The molecule has 1 aromatic heterocycles. The normalized spacial score (nSPS) is 27.3. The maximum absolute atomic E-state index is 11.9. The first kappa shape index (κ1) is 16.4. The summed E-state index contributed by atoms with van der Waals surface area (Å²) in [6.45, 7) is 4.04. The van der Waals surface area contributed by atoms with Crippen molar-refractivity contribution in [3.05, 3.63) is 22.2 Å². The van der Waals surface area contributed by atoms with Gasteiger partial charge in [0.2, 0.25) is 0 Å². The number of aliphatic imine (C=N–C) groups is 1. The summed E-state index contributed by atoms with van der Waals surface area (Å²) in [5, 5.41) is 20.6. The number of nitrogens with zero attached hydrogens (tertiary/aromatic N) is 4. The van der Waals surface area contributed by atoms with Gasteiger partial charge < -0.3 is 10.0 Å². The summed E-state index contributed by atoms with van der Waals surface area (Å²) in [5.74, 6) is 0.422. The standard InChI is InChI=1S/C18H20N4O2S/c1-18(24)7-13(23)6-12-9-20-16(15(12)18)11-2-4-22(5-3-11)17-21-10-14(8-19)25-17/h10-11,24H,2-7,9H2,1H3. The van der Waals surface area contributed by atoms with Gasteiger partial charge in [-0.05, 0) is 25.3 Å². The quantitative estimate of drug-likeness (QED) is 0.876. The number of carbonyl (C=O) groups excluding carboxylic acids is 1. The van der Waals surface area contributed by atoms with Gasteiger partial charge in [-0.25, -0.2) is 4.98 Å². The van der Waals surface area contributed by atoms with Crippen LogP contribution in [0.15, 0.2) is 22.3 Å². The number of aromatic nitrogens is 1. The van der Waals surface area contributed by atoms with Gasteiger partial charge in [0.1, 0.15) is 16.7 Å². The summed E-state index contributed by atoms with van der Waals surface area (Å²) in [6, 6.07) is 2.13. The minimum Gasteiger partial charge on any atom is -0.385 e. The summed E-state index contributed by atoms with van der Waals surface area (Å²) < 4.78 is 0. The van der Waals surface area contributed by atoms with Crippen LogP contribution in [0.2, 0.25) is 0 Å². The minimum atomic E-state index is -1.08. The van der Waals surface area contributed by atoms with Crippen LogP contribution in [0.25, 0.3) is 0 Å². The molecule has 4 rings (SSSR count). The van der Waals surface area contributed by atoms with Crippen molar-refractivity contribution in [1.82, 2.24) is 4.98 Å². The molecule has 1 unspecified atom stereocenters.